The Hall–Kier alpha value is -2.85. The average Bonchev–Trinajstić information content (AvgIpc) is 3.07. The van der Waals surface area contributed by atoms with Gasteiger partial charge in [0.2, 0.25) is 11.2 Å². The van der Waals surface area contributed by atoms with Gasteiger partial charge in [-0.3, -0.25) is 4.99 Å². The van der Waals surface area contributed by atoms with Crippen LogP contribution in [0.4, 0.5) is 4.79 Å². The zero-order valence-electron chi connectivity index (χ0n) is 18.5. The number of carbonyl (C=O) groups is 1. The van der Waals surface area contributed by atoms with Crippen molar-refractivity contribution in [1.29, 1.82) is 0 Å². The van der Waals surface area contributed by atoms with Crippen molar-refractivity contribution in [2.24, 2.45) is 9.98 Å². The Bertz CT molecular complexity index is 1050. The van der Waals surface area contributed by atoms with E-state index < -0.39 is 11.7 Å². The first-order chi connectivity index (χ1) is 14.6. The minimum atomic E-state index is -0.684. The number of allylic oxidation sites excluding steroid dienone is 1. The highest BCUT2D eigenvalue weighted by atomic mass is 35.5. The fourth-order valence-corrected chi connectivity index (χ4v) is 3.16. The number of guanidine groups is 1. The normalized spacial score (nSPS) is 16.3. The summed E-state index contributed by atoms with van der Waals surface area (Å²) in [5, 5.41) is 4.41. The van der Waals surface area contributed by atoms with Crippen molar-refractivity contribution in [2.75, 3.05) is 40.3 Å². The SMILES string of the molecule is C=C(/C=N\C(=N/C)N1CCN(C)CC1)c1nn(C(=O)OC(C)(C)C)c2cnc(Cl)nc12. The number of aromatic nitrogens is 4. The first kappa shape index (κ1) is 22.8. The van der Waals surface area contributed by atoms with Gasteiger partial charge in [0, 0.05) is 45.0 Å². The maximum absolute atomic E-state index is 12.6. The van der Waals surface area contributed by atoms with Gasteiger partial charge in [-0.05, 0) is 39.4 Å². The number of likely N-dealkylation sites (N-methyl/N-ethyl adjacent to an activating group) is 1. The van der Waals surface area contributed by atoms with E-state index in [1.807, 2.05) is 0 Å². The van der Waals surface area contributed by atoms with E-state index in [1.165, 1.54) is 6.20 Å². The molecule has 0 aromatic carbocycles. The van der Waals surface area contributed by atoms with E-state index in [0.29, 0.717) is 28.3 Å². The lowest BCUT2D eigenvalue weighted by Crippen LogP contribution is -2.46. The van der Waals surface area contributed by atoms with Gasteiger partial charge in [-0.25, -0.2) is 19.8 Å². The molecule has 3 heterocycles. The van der Waals surface area contributed by atoms with Crippen LogP contribution in [0, 0.1) is 0 Å². The third-order valence-corrected chi connectivity index (χ3v) is 4.77. The largest absolute Gasteiger partial charge is 0.442 e. The summed E-state index contributed by atoms with van der Waals surface area (Å²) < 4.78 is 6.55. The van der Waals surface area contributed by atoms with Crippen molar-refractivity contribution in [2.45, 2.75) is 26.4 Å². The predicted octanol–water partition coefficient (Wildman–Crippen LogP) is 2.58. The van der Waals surface area contributed by atoms with Crippen LogP contribution in [0.5, 0.6) is 0 Å². The van der Waals surface area contributed by atoms with Crippen molar-refractivity contribution in [3.8, 4) is 0 Å². The number of rotatable bonds is 2. The molecule has 0 N–H and O–H groups in total. The molecule has 0 atom stereocenters. The van der Waals surface area contributed by atoms with Crippen molar-refractivity contribution >= 4 is 46.5 Å². The minimum absolute atomic E-state index is 0.0375. The zero-order chi connectivity index (χ0) is 22.8. The van der Waals surface area contributed by atoms with E-state index in [4.69, 9.17) is 16.3 Å². The van der Waals surface area contributed by atoms with E-state index in [9.17, 15) is 4.79 Å². The lowest BCUT2D eigenvalue weighted by molar-refractivity contribution is 0.0522. The second-order valence-corrected chi connectivity index (χ2v) is 8.55. The van der Waals surface area contributed by atoms with Gasteiger partial charge >= 0.3 is 6.09 Å². The molecule has 1 fully saturated rings. The van der Waals surface area contributed by atoms with Crippen LogP contribution in [-0.2, 0) is 4.74 Å². The lowest BCUT2D eigenvalue weighted by atomic mass is 10.2. The molecule has 0 saturated carbocycles. The van der Waals surface area contributed by atoms with Crippen LogP contribution in [0.2, 0.25) is 5.28 Å². The van der Waals surface area contributed by atoms with Gasteiger partial charge in [-0.2, -0.15) is 9.78 Å². The van der Waals surface area contributed by atoms with E-state index in [2.05, 4.69) is 48.5 Å². The van der Waals surface area contributed by atoms with Crippen LogP contribution >= 0.6 is 11.6 Å². The Labute approximate surface area is 186 Å². The third-order valence-electron chi connectivity index (χ3n) is 4.59. The number of hydrogen-bond acceptors (Lipinski definition) is 7. The van der Waals surface area contributed by atoms with Crippen LogP contribution in [0.3, 0.4) is 0 Å². The second-order valence-electron chi connectivity index (χ2n) is 8.21. The number of carbonyl (C=O) groups excluding carboxylic acids is 1. The van der Waals surface area contributed by atoms with E-state index in [1.54, 1.807) is 34.0 Å². The number of fused-ring (bicyclic) bond motifs is 1. The number of aliphatic imine (C=N–C) groups is 2. The molecule has 0 aliphatic carbocycles. The van der Waals surface area contributed by atoms with Gasteiger partial charge in [0.25, 0.3) is 0 Å². The van der Waals surface area contributed by atoms with Crippen molar-refractivity contribution < 1.29 is 9.53 Å². The van der Waals surface area contributed by atoms with E-state index >= 15 is 0 Å². The highest BCUT2D eigenvalue weighted by Crippen LogP contribution is 2.23. The molecule has 0 spiro atoms. The zero-order valence-corrected chi connectivity index (χ0v) is 19.2. The molecule has 0 bridgehead atoms. The summed E-state index contributed by atoms with van der Waals surface area (Å²) in [6.07, 6.45) is 2.35. The van der Waals surface area contributed by atoms with Gasteiger partial charge in [0.15, 0.2) is 0 Å². The molecule has 0 radical (unpaired) electrons. The number of ether oxygens (including phenoxy) is 1. The monoisotopic (exact) mass is 446 g/mol. The lowest BCUT2D eigenvalue weighted by Gasteiger charge is -2.32. The van der Waals surface area contributed by atoms with Gasteiger partial charge in [0.1, 0.15) is 22.3 Å². The van der Waals surface area contributed by atoms with Gasteiger partial charge < -0.3 is 14.5 Å². The second kappa shape index (κ2) is 9.11. The molecular formula is C20H27ClN8O2. The van der Waals surface area contributed by atoms with Gasteiger partial charge in [-0.1, -0.05) is 6.58 Å². The Morgan fingerprint density at radius 3 is 2.58 bits per heavy atom. The summed E-state index contributed by atoms with van der Waals surface area (Å²) in [6.45, 7) is 12.9. The smallest absolute Gasteiger partial charge is 0.435 e. The van der Waals surface area contributed by atoms with Gasteiger partial charge in [-0.15, -0.1) is 0 Å². The molecule has 1 aliphatic heterocycles. The van der Waals surface area contributed by atoms with Crippen LogP contribution < -0.4 is 0 Å². The first-order valence-corrected chi connectivity index (χ1v) is 10.2. The fraction of sp³-hybridized carbons (Fsp3) is 0.500. The summed E-state index contributed by atoms with van der Waals surface area (Å²) in [6, 6.07) is 0. The summed E-state index contributed by atoms with van der Waals surface area (Å²) in [4.78, 5) is 34.0. The Kier molecular flexibility index (Phi) is 6.71. The molecule has 0 amide bonds. The fourth-order valence-electron chi connectivity index (χ4n) is 3.03. The Morgan fingerprint density at radius 1 is 1.29 bits per heavy atom. The molecular weight excluding hydrogens is 420 g/mol. The first-order valence-electron chi connectivity index (χ1n) is 9.87. The van der Waals surface area contributed by atoms with Crippen molar-refractivity contribution in [3.05, 3.63) is 23.8 Å². The number of piperazine rings is 1. The third kappa shape index (κ3) is 5.45. The minimum Gasteiger partial charge on any atom is -0.442 e. The Morgan fingerprint density at radius 2 is 1.97 bits per heavy atom. The summed E-state index contributed by atoms with van der Waals surface area (Å²) in [5.41, 5.74) is 0.889. The Balaban J connectivity index is 1.90. The number of nitrogens with zero attached hydrogens (tertiary/aromatic N) is 8. The van der Waals surface area contributed by atoms with Crippen LogP contribution in [0.15, 0.2) is 22.8 Å². The maximum Gasteiger partial charge on any atom is 0.435 e. The molecule has 1 saturated heterocycles. The number of halogens is 1. The summed E-state index contributed by atoms with van der Waals surface area (Å²) in [5.74, 6) is 0.609. The maximum atomic E-state index is 12.6. The van der Waals surface area contributed by atoms with Crippen LogP contribution in [0.25, 0.3) is 16.6 Å². The topological polar surface area (TPSA) is 101 Å². The summed E-state index contributed by atoms with van der Waals surface area (Å²) >= 11 is 5.99. The molecule has 10 nitrogen and oxygen atoms in total. The molecule has 3 rings (SSSR count). The molecule has 2 aromatic heterocycles. The number of hydrogen-bond donors (Lipinski definition) is 0. The van der Waals surface area contributed by atoms with Crippen LogP contribution in [0.1, 0.15) is 26.5 Å². The van der Waals surface area contributed by atoms with E-state index in [-0.39, 0.29) is 5.28 Å². The molecule has 166 valence electrons. The highest BCUT2D eigenvalue weighted by Gasteiger charge is 2.24. The molecule has 31 heavy (non-hydrogen) atoms. The molecule has 1 aliphatic rings. The quantitative estimate of drug-likeness (QED) is 0.397. The van der Waals surface area contributed by atoms with Crippen molar-refractivity contribution in [1.82, 2.24) is 29.5 Å². The van der Waals surface area contributed by atoms with Crippen LogP contribution in [-0.4, -0.2) is 93.7 Å². The van der Waals surface area contributed by atoms with Gasteiger partial charge in [0.05, 0.1) is 6.20 Å². The standard InChI is InChI=1S/C20H27ClN8O2/c1-13(11-24-18(22-5)28-9-7-27(6)8-10-28)15-16-14(12-23-17(21)25-16)29(26-15)19(30)31-20(2,3)4/h11-12H,1,7-10H2,2-6H3/b22-18+,24-11-. The summed E-state index contributed by atoms with van der Waals surface area (Å²) in [7, 11) is 3.79. The predicted molar refractivity (Wildman–Crippen MR) is 122 cm³/mol. The molecule has 2 aromatic rings. The molecule has 11 heteroatoms. The average molecular weight is 447 g/mol. The molecule has 0 unspecified atom stereocenters. The highest BCUT2D eigenvalue weighted by molar-refractivity contribution is 6.28. The van der Waals surface area contributed by atoms with Crippen molar-refractivity contribution in [3.63, 3.8) is 0 Å². The van der Waals surface area contributed by atoms with E-state index in [0.717, 1.165) is 30.9 Å².